The molecule has 1 aromatic rings. The molecule has 3 nitrogen and oxygen atoms in total. The summed E-state index contributed by atoms with van der Waals surface area (Å²) in [7, 11) is 0. The molecule has 1 aliphatic rings. The van der Waals surface area contributed by atoms with Crippen molar-refractivity contribution in [2.45, 2.75) is 46.6 Å². The van der Waals surface area contributed by atoms with Gasteiger partial charge in [0.05, 0.1) is 6.61 Å². The van der Waals surface area contributed by atoms with Crippen LogP contribution in [0.1, 0.15) is 44.9 Å². The maximum absolute atomic E-state index is 9.40. The first kappa shape index (κ1) is 14.3. The van der Waals surface area contributed by atoms with Gasteiger partial charge in [-0.05, 0) is 42.4 Å². The van der Waals surface area contributed by atoms with Crippen LogP contribution in [0.2, 0.25) is 0 Å². The van der Waals surface area contributed by atoms with Crippen molar-refractivity contribution in [3.63, 3.8) is 0 Å². The summed E-state index contributed by atoms with van der Waals surface area (Å²) >= 11 is 0. The van der Waals surface area contributed by atoms with Crippen molar-refractivity contribution < 1.29 is 5.11 Å². The highest BCUT2D eigenvalue weighted by Crippen LogP contribution is 2.26. The second-order valence-corrected chi connectivity index (χ2v) is 5.92. The Morgan fingerprint density at radius 1 is 1.32 bits per heavy atom. The number of aliphatic hydroxyl groups is 1. The molecule has 1 saturated heterocycles. The molecule has 1 fully saturated rings. The number of nitrogens with zero attached hydrogens (tertiary/aromatic N) is 2. The monoisotopic (exact) mass is 262 g/mol. The van der Waals surface area contributed by atoms with E-state index in [0.29, 0.717) is 5.92 Å². The third kappa shape index (κ3) is 3.47. The Morgan fingerprint density at radius 2 is 2.11 bits per heavy atom. The van der Waals surface area contributed by atoms with E-state index < -0.39 is 0 Å². The summed E-state index contributed by atoms with van der Waals surface area (Å²) in [6, 6.07) is 4.07. The number of aryl methyl sites for hydroxylation is 1. The summed E-state index contributed by atoms with van der Waals surface area (Å²) < 4.78 is 0. The second kappa shape index (κ2) is 6.38. The van der Waals surface area contributed by atoms with E-state index in [4.69, 9.17) is 4.98 Å². The zero-order chi connectivity index (χ0) is 13.8. The average Bonchev–Trinajstić information content (AvgIpc) is 2.42. The van der Waals surface area contributed by atoms with Crippen molar-refractivity contribution >= 4 is 5.82 Å². The highest BCUT2D eigenvalue weighted by atomic mass is 16.3. The highest BCUT2D eigenvalue weighted by Gasteiger charge is 2.23. The predicted molar refractivity (Wildman–Crippen MR) is 79.3 cm³/mol. The molecule has 0 radical (unpaired) electrons. The van der Waals surface area contributed by atoms with Crippen LogP contribution in [0.3, 0.4) is 0 Å². The Labute approximate surface area is 116 Å². The zero-order valence-corrected chi connectivity index (χ0v) is 12.4. The summed E-state index contributed by atoms with van der Waals surface area (Å²) in [4.78, 5) is 7.15. The van der Waals surface area contributed by atoms with Gasteiger partial charge < -0.3 is 10.0 Å². The van der Waals surface area contributed by atoms with Gasteiger partial charge in [0, 0.05) is 18.8 Å². The molecule has 2 unspecified atom stereocenters. The van der Waals surface area contributed by atoms with E-state index in [2.05, 4.69) is 25.7 Å². The summed E-state index contributed by atoms with van der Waals surface area (Å²) in [6.07, 6.45) is 3.31. The van der Waals surface area contributed by atoms with E-state index in [1.807, 2.05) is 12.1 Å². The number of aromatic nitrogens is 1. The number of hydrogen-bond acceptors (Lipinski definition) is 3. The molecule has 0 aromatic carbocycles. The van der Waals surface area contributed by atoms with Crippen molar-refractivity contribution in [3.8, 4) is 0 Å². The second-order valence-electron chi connectivity index (χ2n) is 5.92. The first-order valence-corrected chi connectivity index (χ1v) is 7.49. The number of pyridine rings is 1. The van der Waals surface area contributed by atoms with Crippen LogP contribution in [0.4, 0.5) is 5.82 Å². The van der Waals surface area contributed by atoms with E-state index in [1.54, 1.807) is 0 Å². The number of rotatable bonds is 4. The van der Waals surface area contributed by atoms with E-state index in [0.717, 1.165) is 48.9 Å². The number of hydrogen-bond donors (Lipinski definition) is 1. The van der Waals surface area contributed by atoms with Crippen molar-refractivity contribution in [1.82, 2.24) is 4.98 Å². The largest absolute Gasteiger partial charge is 0.392 e. The smallest absolute Gasteiger partial charge is 0.129 e. The number of aliphatic hydroxyl groups excluding tert-OH is 1. The van der Waals surface area contributed by atoms with Gasteiger partial charge in [-0.25, -0.2) is 4.98 Å². The van der Waals surface area contributed by atoms with Crippen LogP contribution in [0.5, 0.6) is 0 Å². The molecule has 0 spiro atoms. The maximum Gasteiger partial charge on any atom is 0.129 e. The molecule has 0 aliphatic carbocycles. The first-order valence-electron chi connectivity index (χ1n) is 7.49. The third-order valence-corrected chi connectivity index (χ3v) is 4.27. The van der Waals surface area contributed by atoms with Crippen LogP contribution < -0.4 is 4.90 Å². The van der Waals surface area contributed by atoms with Gasteiger partial charge in [0.2, 0.25) is 0 Å². The lowest BCUT2D eigenvalue weighted by atomic mass is 9.88. The molecule has 106 valence electrons. The van der Waals surface area contributed by atoms with Crippen molar-refractivity contribution in [1.29, 1.82) is 0 Å². The topological polar surface area (TPSA) is 36.4 Å². The SMILES string of the molecule is CCCc1cc(CO)cc(N2CCC(C)C(C)C2)n1. The van der Waals surface area contributed by atoms with Crippen LogP contribution >= 0.6 is 0 Å². The summed E-state index contributed by atoms with van der Waals surface area (Å²) in [6.45, 7) is 9.08. The molecule has 1 aliphatic heterocycles. The van der Waals surface area contributed by atoms with Crippen LogP contribution in [0.15, 0.2) is 12.1 Å². The number of anilines is 1. The van der Waals surface area contributed by atoms with Gasteiger partial charge in [0.1, 0.15) is 5.82 Å². The highest BCUT2D eigenvalue weighted by molar-refractivity contribution is 5.43. The van der Waals surface area contributed by atoms with Gasteiger partial charge in [-0.15, -0.1) is 0 Å². The lowest BCUT2D eigenvalue weighted by molar-refractivity contribution is 0.281. The molecule has 0 saturated carbocycles. The van der Waals surface area contributed by atoms with Gasteiger partial charge in [-0.3, -0.25) is 0 Å². The molecule has 1 N–H and O–H groups in total. The van der Waals surface area contributed by atoms with Gasteiger partial charge in [-0.2, -0.15) is 0 Å². The standard InChI is InChI=1S/C16H26N2O/c1-4-5-15-8-14(11-19)9-16(17-15)18-7-6-12(2)13(3)10-18/h8-9,12-13,19H,4-7,10-11H2,1-3H3. The Kier molecular flexibility index (Phi) is 4.81. The van der Waals surface area contributed by atoms with Gasteiger partial charge in [0.25, 0.3) is 0 Å². The fourth-order valence-corrected chi connectivity index (χ4v) is 2.74. The minimum atomic E-state index is 0.103. The van der Waals surface area contributed by atoms with Crippen molar-refractivity contribution in [2.75, 3.05) is 18.0 Å². The van der Waals surface area contributed by atoms with E-state index in [9.17, 15) is 5.11 Å². The lowest BCUT2D eigenvalue weighted by Crippen LogP contribution is -2.39. The number of piperidine rings is 1. The predicted octanol–water partition coefficient (Wildman–Crippen LogP) is 3.01. The van der Waals surface area contributed by atoms with Crippen LogP contribution in [-0.4, -0.2) is 23.2 Å². The Balaban J connectivity index is 2.20. The fourth-order valence-electron chi connectivity index (χ4n) is 2.74. The van der Waals surface area contributed by atoms with Crippen LogP contribution in [0, 0.1) is 11.8 Å². The molecule has 0 amide bonds. The van der Waals surface area contributed by atoms with Crippen LogP contribution in [0.25, 0.3) is 0 Å². The Bertz CT molecular complexity index is 419. The minimum Gasteiger partial charge on any atom is -0.392 e. The summed E-state index contributed by atoms with van der Waals surface area (Å²) in [5.74, 6) is 2.56. The average molecular weight is 262 g/mol. The van der Waals surface area contributed by atoms with Gasteiger partial charge in [0.15, 0.2) is 0 Å². The Morgan fingerprint density at radius 3 is 2.74 bits per heavy atom. The normalized spacial score (nSPS) is 23.7. The van der Waals surface area contributed by atoms with Gasteiger partial charge in [-0.1, -0.05) is 27.2 Å². The van der Waals surface area contributed by atoms with Gasteiger partial charge >= 0.3 is 0 Å². The molecule has 3 heteroatoms. The van der Waals surface area contributed by atoms with Crippen molar-refractivity contribution in [2.24, 2.45) is 11.8 Å². The summed E-state index contributed by atoms with van der Waals surface area (Å²) in [5, 5.41) is 9.40. The van der Waals surface area contributed by atoms with Crippen molar-refractivity contribution in [3.05, 3.63) is 23.4 Å². The molecule has 1 aromatic heterocycles. The zero-order valence-electron chi connectivity index (χ0n) is 12.4. The van der Waals surface area contributed by atoms with E-state index in [-0.39, 0.29) is 6.61 Å². The first-order chi connectivity index (χ1) is 9.13. The minimum absolute atomic E-state index is 0.103. The van der Waals surface area contributed by atoms with E-state index >= 15 is 0 Å². The quantitative estimate of drug-likeness (QED) is 0.906. The molecule has 2 rings (SSSR count). The fraction of sp³-hybridized carbons (Fsp3) is 0.688. The third-order valence-electron chi connectivity index (χ3n) is 4.27. The molecular formula is C16H26N2O. The lowest BCUT2D eigenvalue weighted by Gasteiger charge is -2.36. The Hall–Kier alpha value is -1.09. The summed E-state index contributed by atoms with van der Waals surface area (Å²) in [5.41, 5.74) is 2.09. The molecule has 2 heterocycles. The molecule has 0 bridgehead atoms. The molecule has 2 atom stereocenters. The van der Waals surface area contributed by atoms with E-state index in [1.165, 1.54) is 6.42 Å². The van der Waals surface area contributed by atoms with Crippen LogP contribution in [-0.2, 0) is 13.0 Å². The maximum atomic E-state index is 9.40. The molecule has 19 heavy (non-hydrogen) atoms. The molecular weight excluding hydrogens is 236 g/mol.